The lowest BCUT2D eigenvalue weighted by Crippen LogP contribution is -2.16. The van der Waals surface area contributed by atoms with Gasteiger partial charge in [0.2, 0.25) is 11.8 Å². The van der Waals surface area contributed by atoms with E-state index in [1.54, 1.807) is 0 Å². The average Bonchev–Trinajstić information content (AvgIpc) is 2.90. The lowest BCUT2D eigenvalue weighted by molar-refractivity contribution is 0.491. The van der Waals surface area contributed by atoms with E-state index in [0.717, 1.165) is 43.5 Å². The third kappa shape index (κ3) is 4.05. The Kier molecular flexibility index (Phi) is 5.56. The number of aromatic nitrogens is 2. The Bertz CT molecular complexity index is 554. The Balaban J connectivity index is 1.93. The second kappa shape index (κ2) is 7.41. The maximum absolute atomic E-state index is 6.10. The lowest BCUT2D eigenvalue weighted by Gasteiger charge is -2.00. The number of hydrogen-bond donors (Lipinski definition) is 1. The van der Waals surface area contributed by atoms with Crippen LogP contribution in [0.15, 0.2) is 22.6 Å². The minimum atomic E-state index is 0.531. The van der Waals surface area contributed by atoms with Crippen LogP contribution in [-0.4, -0.2) is 23.3 Å². The molecule has 5 heteroatoms. The fraction of sp³-hybridized carbons (Fsp3) is 0.467. The number of nitrogens with one attached hydrogen (secondary N) is 1. The molecule has 1 aromatic carbocycles. The van der Waals surface area contributed by atoms with Gasteiger partial charge in [0.05, 0.1) is 0 Å². The number of nitrogens with zero attached hydrogens (tertiary/aromatic N) is 2. The predicted molar refractivity (Wildman–Crippen MR) is 81.0 cm³/mol. The molecule has 0 spiro atoms. The van der Waals surface area contributed by atoms with Crippen LogP contribution >= 0.6 is 11.6 Å². The summed E-state index contributed by atoms with van der Waals surface area (Å²) in [7, 11) is 0. The highest BCUT2D eigenvalue weighted by Crippen LogP contribution is 2.24. The van der Waals surface area contributed by atoms with Gasteiger partial charge in [0.25, 0.3) is 0 Å². The molecule has 20 heavy (non-hydrogen) atoms. The van der Waals surface area contributed by atoms with Crippen LogP contribution in [0.4, 0.5) is 0 Å². The van der Waals surface area contributed by atoms with Crippen molar-refractivity contribution in [2.45, 2.75) is 33.1 Å². The summed E-state index contributed by atoms with van der Waals surface area (Å²) in [5, 5.41) is 12.2. The summed E-state index contributed by atoms with van der Waals surface area (Å²) >= 11 is 6.10. The zero-order chi connectivity index (χ0) is 14.4. The highest BCUT2D eigenvalue weighted by Gasteiger charge is 2.09. The van der Waals surface area contributed by atoms with E-state index in [-0.39, 0.29) is 0 Å². The Morgan fingerprint density at radius 1 is 1.25 bits per heavy atom. The van der Waals surface area contributed by atoms with Gasteiger partial charge in [-0.25, -0.2) is 0 Å². The van der Waals surface area contributed by atoms with Crippen LogP contribution in [0.5, 0.6) is 0 Å². The van der Waals surface area contributed by atoms with Crippen molar-refractivity contribution in [3.05, 3.63) is 34.7 Å². The van der Waals surface area contributed by atoms with Crippen LogP contribution < -0.4 is 5.32 Å². The number of benzene rings is 1. The molecule has 2 aromatic rings. The van der Waals surface area contributed by atoms with Crippen molar-refractivity contribution < 1.29 is 4.42 Å². The van der Waals surface area contributed by atoms with Gasteiger partial charge in [0.15, 0.2) is 0 Å². The van der Waals surface area contributed by atoms with E-state index in [2.05, 4.69) is 22.4 Å². The third-order valence-electron chi connectivity index (χ3n) is 3.06. The Hall–Kier alpha value is -1.39. The summed E-state index contributed by atoms with van der Waals surface area (Å²) in [6, 6.07) is 5.76. The quantitative estimate of drug-likeness (QED) is 0.792. The molecular formula is C15H20ClN3O. The standard InChI is InChI=1S/C15H20ClN3O/c1-3-8-17-9-4-5-14-18-19-15(20-14)12-7-6-11(2)13(16)10-12/h6-7,10,17H,3-5,8-9H2,1-2H3. The second-order valence-corrected chi connectivity index (χ2v) is 5.23. The molecule has 0 radical (unpaired) electrons. The highest BCUT2D eigenvalue weighted by molar-refractivity contribution is 6.31. The third-order valence-corrected chi connectivity index (χ3v) is 3.46. The van der Waals surface area contributed by atoms with E-state index in [1.807, 2.05) is 25.1 Å². The van der Waals surface area contributed by atoms with Crippen LogP contribution in [0.25, 0.3) is 11.5 Å². The van der Waals surface area contributed by atoms with Gasteiger partial charge in [0, 0.05) is 17.0 Å². The number of rotatable bonds is 7. The van der Waals surface area contributed by atoms with Crippen molar-refractivity contribution in [3.63, 3.8) is 0 Å². The lowest BCUT2D eigenvalue weighted by atomic mass is 10.1. The molecule has 0 amide bonds. The first kappa shape index (κ1) is 15.0. The van der Waals surface area contributed by atoms with Gasteiger partial charge in [-0.2, -0.15) is 0 Å². The van der Waals surface area contributed by atoms with Crippen LogP contribution in [0.3, 0.4) is 0 Å². The molecule has 1 aromatic heterocycles. The summed E-state index contributed by atoms with van der Waals surface area (Å²) in [5.41, 5.74) is 1.90. The molecule has 0 unspecified atom stereocenters. The van der Waals surface area contributed by atoms with E-state index < -0.39 is 0 Å². The van der Waals surface area contributed by atoms with Crippen molar-refractivity contribution in [1.29, 1.82) is 0 Å². The summed E-state index contributed by atoms with van der Waals surface area (Å²) in [6.45, 7) is 6.15. The van der Waals surface area contributed by atoms with E-state index >= 15 is 0 Å². The first-order chi connectivity index (χ1) is 9.70. The Labute approximate surface area is 124 Å². The highest BCUT2D eigenvalue weighted by atomic mass is 35.5. The molecule has 0 fully saturated rings. The van der Waals surface area contributed by atoms with Gasteiger partial charge in [-0.15, -0.1) is 10.2 Å². The van der Waals surface area contributed by atoms with Crippen molar-refractivity contribution in [3.8, 4) is 11.5 Å². The van der Waals surface area contributed by atoms with Gasteiger partial charge >= 0.3 is 0 Å². The smallest absolute Gasteiger partial charge is 0.247 e. The number of halogens is 1. The summed E-state index contributed by atoms with van der Waals surface area (Å²) in [5.74, 6) is 1.21. The molecule has 0 saturated heterocycles. The van der Waals surface area contributed by atoms with Crippen LogP contribution in [0, 0.1) is 6.92 Å². The van der Waals surface area contributed by atoms with Gasteiger partial charge < -0.3 is 9.73 Å². The van der Waals surface area contributed by atoms with Crippen LogP contribution in [0.2, 0.25) is 5.02 Å². The normalized spacial score (nSPS) is 10.9. The van der Waals surface area contributed by atoms with Crippen molar-refractivity contribution >= 4 is 11.6 Å². The number of aryl methyl sites for hydroxylation is 2. The maximum atomic E-state index is 6.10. The summed E-state index contributed by atoms with van der Waals surface area (Å²) < 4.78 is 5.66. The first-order valence-electron chi connectivity index (χ1n) is 7.00. The molecule has 0 aliphatic rings. The minimum Gasteiger partial charge on any atom is -0.421 e. The zero-order valence-electron chi connectivity index (χ0n) is 11.9. The molecule has 4 nitrogen and oxygen atoms in total. The fourth-order valence-corrected chi connectivity index (χ4v) is 2.04. The minimum absolute atomic E-state index is 0.531. The van der Waals surface area contributed by atoms with Gasteiger partial charge in [-0.1, -0.05) is 24.6 Å². The summed E-state index contributed by atoms with van der Waals surface area (Å²) in [6.07, 6.45) is 2.94. The topological polar surface area (TPSA) is 51.0 Å². The number of hydrogen-bond acceptors (Lipinski definition) is 4. The second-order valence-electron chi connectivity index (χ2n) is 4.82. The van der Waals surface area contributed by atoms with Crippen LogP contribution in [-0.2, 0) is 6.42 Å². The molecule has 0 bridgehead atoms. The Morgan fingerprint density at radius 3 is 2.85 bits per heavy atom. The van der Waals surface area contributed by atoms with Crippen molar-refractivity contribution in [2.75, 3.05) is 13.1 Å². The Morgan fingerprint density at radius 2 is 2.10 bits per heavy atom. The van der Waals surface area contributed by atoms with Gasteiger partial charge in [-0.05, 0) is 50.6 Å². The maximum Gasteiger partial charge on any atom is 0.247 e. The summed E-state index contributed by atoms with van der Waals surface area (Å²) in [4.78, 5) is 0. The molecule has 0 aliphatic heterocycles. The average molecular weight is 294 g/mol. The molecule has 0 aliphatic carbocycles. The first-order valence-corrected chi connectivity index (χ1v) is 7.38. The molecule has 1 heterocycles. The van der Waals surface area contributed by atoms with Gasteiger partial charge in [-0.3, -0.25) is 0 Å². The molecular weight excluding hydrogens is 274 g/mol. The van der Waals surface area contributed by atoms with E-state index in [1.165, 1.54) is 0 Å². The van der Waals surface area contributed by atoms with E-state index in [9.17, 15) is 0 Å². The predicted octanol–water partition coefficient (Wildman–Crippen LogP) is 3.63. The van der Waals surface area contributed by atoms with E-state index in [0.29, 0.717) is 16.8 Å². The monoisotopic (exact) mass is 293 g/mol. The van der Waals surface area contributed by atoms with Crippen molar-refractivity contribution in [1.82, 2.24) is 15.5 Å². The SMILES string of the molecule is CCCNCCCc1nnc(-c2ccc(C)c(Cl)c2)o1. The zero-order valence-corrected chi connectivity index (χ0v) is 12.7. The largest absolute Gasteiger partial charge is 0.421 e. The molecule has 108 valence electrons. The molecule has 0 saturated carbocycles. The van der Waals surface area contributed by atoms with E-state index in [4.69, 9.17) is 16.0 Å². The fourth-order valence-electron chi connectivity index (χ4n) is 1.86. The van der Waals surface area contributed by atoms with Crippen LogP contribution in [0.1, 0.15) is 31.2 Å². The molecule has 1 N–H and O–H groups in total. The van der Waals surface area contributed by atoms with Crippen molar-refractivity contribution in [2.24, 2.45) is 0 Å². The molecule has 2 rings (SSSR count). The molecule has 0 atom stereocenters. The van der Waals surface area contributed by atoms with Gasteiger partial charge in [0.1, 0.15) is 0 Å².